The van der Waals surface area contributed by atoms with E-state index in [9.17, 15) is 15.0 Å². The van der Waals surface area contributed by atoms with Gasteiger partial charge in [0, 0.05) is 11.1 Å². The number of aliphatic hydroxyl groups excluding tert-OH is 2. The van der Waals surface area contributed by atoms with Crippen LogP contribution in [0.5, 0.6) is 0 Å². The molecule has 0 bridgehead atoms. The lowest BCUT2D eigenvalue weighted by molar-refractivity contribution is -0.0224. The predicted molar refractivity (Wildman–Crippen MR) is 128 cm³/mol. The number of nitrogens with one attached hydrogen (secondary N) is 1. The Kier molecular flexibility index (Phi) is 6.58. The van der Waals surface area contributed by atoms with Crippen molar-refractivity contribution in [2.45, 2.75) is 63.3 Å². The maximum Gasteiger partial charge on any atom is 0.258 e. The lowest BCUT2D eigenvalue weighted by atomic mass is 10.0. The molecule has 1 fully saturated rings. The largest absolute Gasteiger partial charge is 0.408 e. The lowest BCUT2D eigenvalue weighted by Crippen LogP contribution is -2.48. The normalized spacial score (nSPS) is 23.4. The van der Waals surface area contributed by atoms with Gasteiger partial charge < -0.3 is 19.4 Å². The van der Waals surface area contributed by atoms with Crippen LogP contribution in [-0.2, 0) is 9.16 Å². The highest BCUT2D eigenvalue weighted by molar-refractivity contribution is 6.74. The quantitative estimate of drug-likeness (QED) is 0.454. The number of hydrogen-bond donors (Lipinski definition) is 3. The van der Waals surface area contributed by atoms with Gasteiger partial charge in [0.05, 0.1) is 12.8 Å². The summed E-state index contributed by atoms with van der Waals surface area (Å²) < 4.78 is 14.0. The molecule has 3 heterocycles. The van der Waals surface area contributed by atoms with Crippen molar-refractivity contribution in [3.05, 3.63) is 54.0 Å². The van der Waals surface area contributed by atoms with E-state index in [0.29, 0.717) is 16.8 Å². The number of anilines is 1. The molecule has 3 N–H and O–H groups in total. The minimum Gasteiger partial charge on any atom is -0.408 e. The molecule has 0 saturated carbocycles. The van der Waals surface area contributed by atoms with Gasteiger partial charge >= 0.3 is 0 Å². The summed E-state index contributed by atoms with van der Waals surface area (Å²) in [6, 6.07) is 8.79. The molecule has 182 valence electrons. The maximum absolute atomic E-state index is 12.6. The summed E-state index contributed by atoms with van der Waals surface area (Å²) in [5.41, 5.74) is 1.48. The fourth-order valence-electron chi connectivity index (χ4n) is 3.67. The van der Waals surface area contributed by atoms with E-state index >= 15 is 0 Å². The van der Waals surface area contributed by atoms with Gasteiger partial charge in [-0.2, -0.15) is 9.61 Å². The number of hydrogen-bond acceptors (Lipinski definition) is 8. The molecular weight excluding hydrogens is 454 g/mol. The first-order valence-electron chi connectivity index (χ1n) is 11.2. The number of ether oxygens (including phenoxy) is 1. The van der Waals surface area contributed by atoms with E-state index in [1.165, 1.54) is 10.8 Å². The fraction of sp³-hybridized carbons (Fsp3) is 0.478. The highest BCUT2D eigenvalue weighted by atomic mass is 28.4. The zero-order chi connectivity index (χ0) is 24.7. The molecular formula is C23H31N5O5Si. The van der Waals surface area contributed by atoms with Gasteiger partial charge in [-0.3, -0.25) is 10.1 Å². The molecule has 0 radical (unpaired) electrons. The molecule has 11 heteroatoms. The third kappa shape index (κ3) is 4.49. The van der Waals surface area contributed by atoms with Crippen molar-refractivity contribution in [1.82, 2.24) is 19.6 Å². The molecule has 0 aliphatic carbocycles. The summed E-state index contributed by atoms with van der Waals surface area (Å²) in [7, 11) is -2.28. The smallest absolute Gasteiger partial charge is 0.258 e. The second-order valence-corrected chi connectivity index (χ2v) is 14.7. The minimum absolute atomic E-state index is 0.0906. The van der Waals surface area contributed by atoms with E-state index in [0.717, 1.165) is 0 Å². The van der Waals surface area contributed by atoms with E-state index in [1.807, 2.05) is 6.07 Å². The molecule has 34 heavy (non-hydrogen) atoms. The summed E-state index contributed by atoms with van der Waals surface area (Å²) in [5, 5.41) is 27.7. The second-order valence-electron chi connectivity index (χ2n) is 9.96. The molecule has 3 aromatic rings. The van der Waals surface area contributed by atoms with E-state index in [-0.39, 0.29) is 23.5 Å². The topological polar surface area (TPSA) is 131 Å². The first kappa shape index (κ1) is 24.4. The number of nitrogens with zero attached hydrogens (tertiary/aromatic N) is 4. The number of carbonyl (C=O) groups is 1. The lowest BCUT2D eigenvalue weighted by Gasteiger charge is -2.40. The van der Waals surface area contributed by atoms with Crippen molar-refractivity contribution >= 4 is 25.8 Å². The molecule has 4 rings (SSSR count). The Morgan fingerprint density at radius 3 is 2.59 bits per heavy atom. The van der Waals surface area contributed by atoms with Gasteiger partial charge in [-0.1, -0.05) is 39.0 Å². The van der Waals surface area contributed by atoms with Crippen LogP contribution in [0.3, 0.4) is 0 Å². The van der Waals surface area contributed by atoms with E-state index in [1.54, 1.807) is 30.5 Å². The van der Waals surface area contributed by atoms with E-state index in [4.69, 9.17) is 9.16 Å². The zero-order valence-electron chi connectivity index (χ0n) is 20.0. The average Bonchev–Trinajstić information content (AvgIpc) is 3.35. The molecule has 1 amide bonds. The third-order valence-corrected chi connectivity index (χ3v) is 11.1. The zero-order valence-corrected chi connectivity index (χ0v) is 21.0. The van der Waals surface area contributed by atoms with Crippen LogP contribution in [0.4, 0.5) is 5.95 Å². The van der Waals surface area contributed by atoms with Crippen molar-refractivity contribution in [1.29, 1.82) is 0 Å². The Labute approximate surface area is 199 Å². The first-order chi connectivity index (χ1) is 16.0. The van der Waals surface area contributed by atoms with Crippen LogP contribution < -0.4 is 5.32 Å². The van der Waals surface area contributed by atoms with Crippen LogP contribution in [0.25, 0.3) is 5.65 Å². The summed E-state index contributed by atoms with van der Waals surface area (Å²) in [6.45, 7) is 10.2. The fourth-order valence-corrected chi connectivity index (χ4v) is 4.96. The monoisotopic (exact) mass is 485 g/mol. The van der Waals surface area contributed by atoms with Crippen molar-refractivity contribution in [2.75, 3.05) is 11.9 Å². The number of fused-ring (bicyclic) bond motifs is 1. The highest BCUT2D eigenvalue weighted by Gasteiger charge is 2.50. The molecule has 1 unspecified atom stereocenters. The van der Waals surface area contributed by atoms with Gasteiger partial charge in [-0.15, -0.1) is 0 Å². The number of aromatic nitrogens is 4. The summed E-state index contributed by atoms with van der Waals surface area (Å²) in [5.74, 6) is -0.131. The molecule has 1 aliphatic heterocycles. The molecule has 1 saturated heterocycles. The Hall–Kier alpha value is -2.70. The van der Waals surface area contributed by atoms with E-state index in [2.05, 4.69) is 54.2 Å². The number of benzene rings is 1. The molecule has 4 atom stereocenters. The van der Waals surface area contributed by atoms with Gasteiger partial charge in [0.2, 0.25) is 5.95 Å². The highest BCUT2D eigenvalue weighted by Crippen LogP contribution is 2.43. The van der Waals surface area contributed by atoms with Gasteiger partial charge in [-0.25, -0.2) is 9.97 Å². The summed E-state index contributed by atoms with van der Waals surface area (Å²) >= 11 is 0. The molecule has 10 nitrogen and oxygen atoms in total. The molecule has 0 spiro atoms. The maximum atomic E-state index is 12.6. The molecule has 1 aromatic carbocycles. The Morgan fingerprint density at radius 2 is 1.94 bits per heavy atom. The third-order valence-electron chi connectivity index (χ3n) is 6.65. The Morgan fingerprint density at radius 1 is 1.24 bits per heavy atom. The van der Waals surface area contributed by atoms with Crippen molar-refractivity contribution in [3.8, 4) is 0 Å². The van der Waals surface area contributed by atoms with E-state index < -0.39 is 32.7 Å². The van der Waals surface area contributed by atoms with Crippen LogP contribution in [0.2, 0.25) is 18.1 Å². The molecule has 1 aliphatic rings. The van der Waals surface area contributed by atoms with Crippen molar-refractivity contribution in [2.24, 2.45) is 0 Å². The molecule has 2 aromatic heterocycles. The van der Waals surface area contributed by atoms with Crippen molar-refractivity contribution in [3.63, 3.8) is 0 Å². The minimum atomic E-state index is -2.28. The van der Waals surface area contributed by atoms with Crippen LogP contribution >= 0.6 is 0 Å². The number of rotatable bonds is 6. The first-order valence-corrected chi connectivity index (χ1v) is 14.1. The van der Waals surface area contributed by atoms with Crippen LogP contribution in [0.15, 0.2) is 42.9 Å². The van der Waals surface area contributed by atoms with Crippen molar-refractivity contribution < 1.29 is 24.2 Å². The standard InChI is InChI=1S/C23H31N5O5Si/c1-23(2,3)34(4,5)33-19-17(30)16(12-29)32-18(19)15-11-26-28-20(15)24-13-25-22(28)27-21(31)14-9-7-6-8-10-14/h6-11,13,16-19,29-30H,12H2,1-5H3,(H,24,25,27,31)/t16-,17?,18+,19+/m1/s1. The van der Waals surface area contributed by atoms with Crippen LogP contribution in [0, 0.1) is 0 Å². The summed E-state index contributed by atoms with van der Waals surface area (Å²) in [6.07, 6.45) is -0.317. The van der Waals surface area contributed by atoms with Gasteiger partial charge in [-0.05, 0) is 30.3 Å². The van der Waals surface area contributed by atoms with Gasteiger partial charge in [0.1, 0.15) is 30.7 Å². The van der Waals surface area contributed by atoms with Crippen LogP contribution in [0.1, 0.15) is 42.8 Å². The average molecular weight is 486 g/mol. The Balaban J connectivity index is 1.68. The number of carbonyl (C=O) groups excluding carboxylic acids is 1. The SMILES string of the molecule is CC(C)(C)[Si](C)(C)O[C@H]1C(O)[C@@H](CO)O[C@H]1c1cnn2c(NC(=O)c3ccccc3)ncnc12. The number of aliphatic hydroxyl groups is 2. The second kappa shape index (κ2) is 9.15. The predicted octanol–water partition coefficient (Wildman–Crippen LogP) is 2.56. The van der Waals surface area contributed by atoms with Gasteiger partial charge in [0.15, 0.2) is 14.0 Å². The number of amides is 1. The Bertz CT molecular complexity index is 1160. The van der Waals surface area contributed by atoms with Gasteiger partial charge in [0.25, 0.3) is 5.91 Å². The van der Waals surface area contributed by atoms with Crippen LogP contribution in [-0.4, -0.2) is 68.9 Å². The summed E-state index contributed by atoms with van der Waals surface area (Å²) in [4.78, 5) is 21.2.